The van der Waals surface area contributed by atoms with E-state index in [1.54, 1.807) is 0 Å². The summed E-state index contributed by atoms with van der Waals surface area (Å²) in [4.78, 5) is 19.2. The lowest BCUT2D eigenvalue weighted by Crippen LogP contribution is -2.24. The summed E-state index contributed by atoms with van der Waals surface area (Å²) < 4.78 is 0. The summed E-state index contributed by atoms with van der Waals surface area (Å²) in [7, 11) is 0. The minimum absolute atomic E-state index is 0.0814. The second kappa shape index (κ2) is 3.93. The van der Waals surface area contributed by atoms with Gasteiger partial charge in [-0.25, -0.2) is 9.97 Å². The number of carboxylic acid groups (broad SMARTS) is 1. The molecular weight excluding hydrogens is 220 g/mol. The smallest absolute Gasteiger partial charge is 0.127 e. The van der Waals surface area contributed by atoms with E-state index >= 15 is 0 Å². The number of thioether (sulfide) groups is 1. The molecule has 4 nitrogen and oxygen atoms in total. The molecule has 0 bridgehead atoms. The van der Waals surface area contributed by atoms with Crippen LogP contribution in [0.3, 0.4) is 0 Å². The number of nitrogens with zero attached hydrogens (tertiary/aromatic N) is 2. The highest BCUT2D eigenvalue weighted by atomic mass is 32.2. The second-order valence-electron chi connectivity index (χ2n) is 2.48. The Morgan fingerprint density at radius 1 is 1.57 bits per heavy atom. The Hall–Kier alpha value is -1.14. The highest BCUT2D eigenvalue weighted by Gasteiger charge is 2.04. The average Bonchev–Trinajstić information content (AvgIpc) is 2.62. The topological polar surface area (TPSA) is 65.9 Å². The number of hydrogen-bond donors (Lipinski definition) is 0. The molecule has 6 heteroatoms. The van der Waals surface area contributed by atoms with Gasteiger partial charge in [0.1, 0.15) is 16.2 Å². The molecule has 0 unspecified atom stereocenters. The normalized spacial score (nSPS) is 10.6. The van der Waals surface area contributed by atoms with Crippen molar-refractivity contribution in [3.63, 3.8) is 0 Å². The van der Waals surface area contributed by atoms with Crippen molar-refractivity contribution >= 4 is 39.3 Å². The zero-order chi connectivity index (χ0) is 9.97. The van der Waals surface area contributed by atoms with Crippen molar-refractivity contribution in [2.45, 2.75) is 5.03 Å². The summed E-state index contributed by atoms with van der Waals surface area (Å²) in [6, 6.07) is 1.89. The fourth-order valence-corrected chi connectivity index (χ4v) is 2.50. The monoisotopic (exact) mass is 225 g/mol. The van der Waals surface area contributed by atoms with E-state index in [2.05, 4.69) is 9.97 Å². The summed E-state index contributed by atoms with van der Waals surface area (Å²) >= 11 is 2.66. The predicted octanol–water partition coefficient (Wildman–Crippen LogP) is 0.533. The molecule has 0 fully saturated rings. The van der Waals surface area contributed by atoms with Gasteiger partial charge in [-0.2, -0.15) is 0 Å². The number of hydrogen-bond acceptors (Lipinski definition) is 6. The first-order valence-corrected chi connectivity index (χ1v) is 5.65. The predicted molar refractivity (Wildman–Crippen MR) is 53.1 cm³/mol. The highest BCUT2D eigenvalue weighted by Crippen LogP contribution is 2.27. The standard InChI is InChI=1S/C8H6N2O2S2/c11-6(12)3-14-8-5-1-2-13-7(5)9-4-10-8/h1-2,4H,3H2,(H,11,12)/p-1. The van der Waals surface area contributed by atoms with Crippen LogP contribution in [0.15, 0.2) is 22.8 Å². The first-order valence-electron chi connectivity index (χ1n) is 3.78. The largest absolute Gasteiger partial charge is 0.549 e. The van der Waals surface area contributed by atoms with Gasteiger partial charge in [-0.3, -0.25) is 0 Å². The first kappa shape index (κ1) is 9.42. The van der Waals surface area contributed by atoms with Crippen molar-refractivity contribution in [2.24, 2.45) is 0 Å². The fourth-order valence-electron chi connectivity index (χ4n) is 1.01. The quantitative estimate of drug-likeness (QED) is 0.563. The molecule has 2 aromatic rings. The summed E-state index contributed by atoms with van der Waals surface area (Å²) in [5.74, 6) is -1.17. The van der Waals surface area contributed by atoms with Gasteiger partial charge in [-0.05, 0) is 11.4 Å². The number of aliphatic carboxylic acids is 1. The van der Waals surface area contributed by atoms with Crippen LogP contribution >= 0.6 is 23.1 Å². The summed E-state index contributed by atoms with van der Waals surface area (Å²) in [5, 5.41) is 13.8. The van der Waals surface area contributed by atoms with Crippen LogP contribution in [0.2, 0.25) is 0 Å². The van der Waals surface area contributed by atoms with Crippen molar-refractivity contribution in [2.75, 3.05) is 5.75 Å². The molecule has 0 aliphatic heterocycles. The van der Waals surface area contributed by atoms with E-state index in [9.17, 15) is 9.90 Å². The van der Waals surface area contributed by atoms with Gasteiger partial charge in [0.05, 0.1) is 5.97 Å². The lowest BCUT2D eigenvalue weighted by Gasteiger charge is -2.01. The van der Waals surface area contributed by atoms with Crippen LogP contribution in [0.5, 0.6) is 0 Å². The lowest BCUT2D eigenvalue weighted by molar-refractivity contribution is -0.301. The number of aromatic nitrogens is 2. The molecule has 0 spiro atoms. The van der Waals surface area contributed by atoms with E-state index in [0.717, 1.165) is 22.0 Å². The minimum atomic E-state index is -1.09. The molecule has 0 saturated carbocycles. The summed E-state index contributed by atoms with van der Waals surface area (Å²) in [5.41, 5.74) is 0. The number of rotatable bonds is 3. The second-order valence-corrected chi connectivity index (χ2v) is 4.34. The van der Waals surface area contributed by atoms with Crippen LogP contribution in [-0.2, 0) is 4.79 Å². The van der Waals surface area contributed by atoms with Crippen LogP contribution in [0.25, 0.3) is 10.2 Å². The van der Waals surface area contributed by atoms with E-state index in [1.165, 1.54) is 17.7 Å². The van der Waals surface area contributed by atoms with Gasteiger partial charge in [0, 0.05) is 11.1 Å². The first-order chi connectivity index (χ1) is 6.77. The van der Waals surface area contributed by atoms with Gasteiger partial charge in [0.15, 0.2) is 0 Å². The fraction of sp³-hybridized carbons (Fsp3) is 0.125. The molecule has 2 aromatic heterocycles. The number of carboxylic acids is 1. The maximum absolute atomic E-state index is 10.3. The van der Waals surface area contributed by atoms with Gasteiger partial charge >= 0.3 is 0 Å². The van der Waals surface area contributed by atoms with E-state index in [1.807, 2.05) is 11.4 Å². The third kappa shape index (κ3) is 1.85. The maximum atomic E-state index is 10.3. The van der Waals surface area contributed by atoms with Crippen LogP contribution in [-0.4, -0.2) is 21.7 Å². The van der Waals surface area contributed by atoms with E-state index < -0.39 is 5.97 Å². The van der Waals surface area contributed by atoms with Crippen molar-refractivity contribution in [3.05, 3.63) is 17.8 Å². The van der Waals surface area contributed by atoms with Crippen LogP contribution in [0, 0.1) is 0 Å². The molecule has 2 heterocycles. The number of carbonyl (C=O) groups excluding carboxylic acids is 1. The zero-order valence-electron chi connectivity index (χ0n) is 6.97. The van der Waals surface area contributed by atoms with Crippen molar-refractivity contribution in [1.29, 1.82) is 0 Å². The Kier molecular flexibility index (Phi) is 2.64. The van der Waals surface area contributed by atoms with Crippen molar-refractivity contribution < 1.29 is 9.90 Å². The number of carbonyl (C=O) groups is 1. The molecule has 0 aromatic carbocycles. The molecular formula is C8H5N2O2S2-. The van der Waals surface area contributed by atoms with Gasteiger partial charge in [-0.1, -0.05) is 11.8 Å². The molecule has 0 aliphatic rings. The molecule has 0 radical (unpaired) electrons. The molecule has 0 aliphatic carbocycles. The zero-order valence-corrected chi connectivity index (χ0v) is 8.60. The number of thiophene rings is 1. The van der Waals surface area contributed by atoms with Crippen molar-refractivity contribution in [3.8, 4) is 0 Å². The van der Waals surface area contributed by atoms with E-state index in [4.69, 9.17) is 0 Å². The van der Waals surface area contributed by atoms with Gasteiger partial charge in [0.25, 0.3) is 0 Å². The number of fused-ring (bicyclic) bond motifs is 1. The Balaban J connectivity index is 2.32. The van der Waals surface area contributed by atoms with Gasteiger partial charge in [-0.15, -0.1) is 11.3 Å². The summed E-state index contributed by atoms with van der Waals surface area (Å²) in [6.45, 7) is 0. The van der Waals surface area contributed by atoms with E-state index in [-0.39, 0.29) is 5.75 Å². The third-order valence-corrected chi connectivity index (χ3v) is 3.35. The summed E-state index contributed by atoms with van der Waals surface area (Å²) in [6.07, 6.45) is 1.44. The van der Waals surface area contributed by atoms with Crippen LogP contribution < -0.4 is 5.11 Å². The third-order valence-electron chi connectivity index (χ3n) is 1.55. The van der Waals surface area contributed by atoms with Crippen LogP contribution in [0.4, 0.5) is 0 Å². The maximum Gasteiger partial charge on any atom is 0.127 e. The molecule has 0 N–H and O–H groups in total. The minimum Gasteiger partial charge on any atom is -0.549 e. The van der Waals surface area contributed by atoms with Gasteiger partial charge in [0.2, 0.25) is 0 Å². The molecule has 0 saturated heterocycles. The molecule has 2 rings (SSSR count). The molecule has 14 heavy (non-hydrogen) atoms. The Labute approximate surface area is 88.0 Å². The SMILES string of the molecule is O=C([O-])CSc1ncnc2sccc12. The molecule has 0 amide bonds. The molecule has 0 atom stereocenters. The van der Waals surface area contributed by atoms with E-state index in [0.29, 0.717) is 5.03 Å². The Morgan fingerprint density at radius 2 is 2.43 bits per heavy atom. The average molecular weight is 225 g/mol. The Morgan fingerprint density at radius 3 is 3.21 bits per heavy atom. The van der Waals surface area contributed by atoms with Crippen molar-refractivity contribution in [1.82, 2.24) is 9.97 Å². The highest BCUT2D eigenvalue weighted by molar-refractivity contribution is 8.00. The molecule has 72 valence electrons. The Bertz CT molecular complexity index is 469. The van der Waals surface area contributed by atoms with Crippen LogP contribution in [0.1, 0.15) is 0 Å². The lowest BCUT2D eigenvalue weighted by atomic mass is 10.4. The van der Waals surface area contributed by atoms with Gasteiger partial charge < -0.3 is 9.90 Å².